The molecular formula is C14H25N3O. The minimum absolute atomic E-state index is 0.566. The van der Waals surface area contributed by atoms with Crippen molar-refractivity contribution in [3.63, 3.8) is 0 Å². The Morgan fingerprint density at radius 2 is 2.28 bits per heavy atom. The molecule has 4 heteroatoms. The normalized spacial score (nSPS) is 21.1. The molecule has 2 rings (SSSR count). The number of nitrogens with zero attached hydrogens (tertiary/aromatic N) is 2. The highest BCUT2D eigenvalue weighted by molar-refractivity contribution is 5.20. The highest BCUT2D eigenvalue weighted by Crippen LogP contribution is 2.22. The highest BCUT2D eigenvalue weighted by Gasteiger charge is 2.25. The van der Waals surface area contributed by atoms with Gasteiger partial charge in [0.05, 0.1) is 6.54 Å². The average molecular weight is 251 g/mol. The van der Waals surface area contributed by atoms with Crippen molar-refractivity contribution in [2.75, 3.05) is 27.2 Å². The average Bonchev–Trinajstić information content (AvgIpc) is 2.86. The molecule has 0 spiro atoms. The molecule has 1 aromatic heterocycles. The number of furan rings is 1. The molecule has 2 heterocycles. The van der Waals surface area contributed by atoms with E-state index in [-0.39, 0.29) is 0 Å². The van der Waals surface area contributed by atoms with E-state index in [1.807, 2.05) is 6.92 Å². The Balaban J connectivity index is 1.99. The molecule has 1 unspecified atom stereocenters. The third-order valence-electron chi connectivity index (χ3n) is 3.73. The third-order valence-corrected chi connectivity index (χ3v) is 3.73. The zero-order valence-electron chi connectivity index (χ0n) is 11.8. The fraction of sp³-hybridized carbons (Fsp3) is 0.714. The van der Waals surface area contributed by atoms with E-state index in [2.05, 4.69) is 30.0 Å². The minimum Gasteiger partial charge on any atom is -0.465 e. The minimum atomic E-state index is 0.566. The summed E-state index contributed by atoms with van der Waals surface area (Å²) in [6, 6.07) is 2.77. The van der Waals surface area contributed by atoms with Gasteiger partial charge in [-0.05, 0) is 46.5 Å². The Morgan fingerprint density at radius 3 is 2.89 bits per heavy atom. The second kappa shape index (κ2) is 5.87. The lowest BCUT2D eigenvalue weighted by molar-refractivity contribution is 0.188. The molecule has 1 aliphatic heterocycles. The van der Waals surface area contributed by atoms with Crippen molar-refractivity contribution < 1.29 is 4.42 Å². The van der Waals surface area contributed by atoms with Gasteiger partial charge in [-0.3, -0.25) is 4.90 Å². The van der Waals surface area contributed by atoms with Gasteiger partial charge in [0.1, 0.15) is 11.5 Å². The molecule has 1 saturated heterocycles. The van der Waals surface area contributed by atoms with Gasteiger partial charge in [-0.25, -0.2) is 0 Å². The van der Waals surface area contributed by atoms with Gasteiger partial charge in [0.15, 0.2) is 0 Å². The van der Waals surface area contributed by atoms with E-state index in [0.717, 1.165) is 30.2 Å². The van der Waals surface area contributed by atoms with Gasteiger partial charge >= 0.3 is 0 Å². The first-order valence-corrected chi connectivity index (χ1v) is 6.77. The number of hydrogen-bond acceptors (Lipinski definition) is 4. The van der Waals surface area contributed by atoms with Crippen LogP contribution >= 0.6 is 0 Å². The van der Waals surface area contributed by atoms with Crippen molar-refractivity contribution in [1.82, 2.24) is 9.80 Å². The Morgan fingerprint density at radius 1 is 1.50 bits per heavy atom. The van der Waals surface area contributed by atoms with Gasteiger partial charge in [-0.1, -0.05) is 0 Å². The van der Waals surface area contributed by atoms with Crippen LogP contribution in [-0.4, -0.2) is 43.0 Å². The molecule has 0 bridgehead atoms. The standard InChI is InChI=1S/C14H25N3O/c1-11-12(8-15)7-14(18-11)10-17-6-4-5-13(17)9-16(2)3/h7,13H,4-6,8-10,15H2,1-3H3. The van der Waals surface area contributed by atoms with Gasteiger partial charge in [-0.15, -0.1) is 0 Å². The van der Waals surface area contributed by atoms with Crippen LogP contribution in [0.3, 0.4) is 0 Å². The summed E-state index contributed by atoms with van der Waals surface area (Å²) >= 11 is 0. The van der Waals surface area contributed by atoms with Crippen molar-refractivity contribution in [2.24, 2.45) is 5.73 Å². The maximum absolute atomic E-state index is 5.79. The van der Waals surface area contributed by atoms with Crippen LogP contribution in [0.1, 0.15) is 29.9 Å². The Labute approximate surface area is 110 Å². The van der Waals surface area contributed by atoms with E-state index >= 15 is 0 Å². The quantitative estimate of drug-likeness (QED) is 0.863. The van der Waals surface area contributed by atoms with E-state index in [9.17, 15) is 0 Å². The molecule has 1 aromatic rings. The number of likely N-dealkylation sites (tertiary alicyclic amines) is 1. The molecule has 0 radical (unpaired) electrons. The molecule has 1 aliphatic rings. The molecule has 2 N–H and O–H groups in total. The molecule has 0 aliphatic carbocycles. The van der Waals surface area contributed by atoms with E-state index in [4.69, 9.17) is 10.2 Å². The molecule has 1 fully saturated rings. The molecule has 18 heavy (non-hydrogen) atoms. The summed E-state index contributed by atoms with van der Waals surface area (Å²) in [5.41, 5.74) is 6.82. The van der Waals surface area contributed by atoms with Crippen molar-refractivity contribution in [3.05, 3.63) is 23.2 Å². The van der Waals surface area contributed by atoms with Crippen LogP contribution in [0.5, 0.6) is 0 Å². The molecule has 102 valence electrons. The zero-order chi connectivity index (χ0) is 13.1. The number of hydrogen-bond donors (Lipinski definition) is 1. The molecule has 1 atom stereocenters. The van der Waals surface area contributed by atoms with Gasteiger partial charge in [0.2, 0.25) is 0 Å². The van der Waals surface area contributed by atoms with Gasteiger partial charge in [-0.2, -0.15) is 0 Å². The second-order valence-corrected chi connectivity index (χ2v) is 5.53. The van der Waals surface area contributed by atoms with Gasteiger partial charge in [0.25, 0.3) is 0 Å². The van der Waals surface area contributed by atoms with Gasteiger partial charge < -0.3 is 15.1 Å². The van der Waals surface area contributed by atoms with Crippen molar-refractivity contribution in [1.29, 1.82) is 0 Å². The smallest absolute Gasteiger partial charge is 0.118 e. The lowest BCUT2D eigenvalue weighted by atomic mass is 10.2. The predicted molar refractivity (Wildman–Crippen MR) is 73.3 cm³/mol. The van der Waals surface area contributed by atoms with Gasteiger partial charge in [0, 0.05) is 24.7 Å². The fourth-order valence-electron chi connectivity index (χ4n) is 2.80. The number of likely N-dealkylation sites (N-methyl/N-ethyl adjacent to an activating group) is 1. The van der Waals surface area contributed by atoms with Crippen LogP contribution < -0.4 is 5.73 Å². The summed E-state index contributed by atoms with van der Waals surface area (Å²) in [4.78, 5) is 4.79. The largest absolute Gasteiger partial charge is 0.465 e. The molecule has 4 nitrogen and oxygen atoms in total. The number of aryl methyl sites for hydroxylation is 1. The first-order chi connectivity index (χ1) is 8.60. The SMILES string of the molecule is Cc1oc(CN2CCCC2CN(C)C)cc1CN. The first kappa shape index (κ1) is 13.6. The Hall–Kier alpha value is -0.840. The third kappa shape index (κ3) is 3.13. The summed E-state index contributed by atoms with van der Waals surface area (Å²) < 4.78 is 5.79. The molecule has 0 aromatic carbocycles. The zero-order valence-corrected chi connectivity index (χ0v) is 11.8. The number of rotatable bonds is 5. The van der Waals surface area contributed by atoms with E-state index in [0.29, 0.717) is 12.6 Å². The lowest BCUT2D eigenvalue weighted by Gasteiger charge is -2.26. The summed E-state index contributed by atoms with van der Waals surface area (Å²) in [6.07, 6.45) is 2.59. The van der Waals surface area contributed by atoms with Crippen LogP contribution in [0, 0.1) is 6.92 Å². The monoisotopic (exact) mass is 251 g/mol. The van der Waals surface area contributed by atoms with E-state index < -0.39 is 0 Å². The first-order valence-electron chi connectivity index (χ1n) is 6.77. The van der Waals surface area contributed by atoms with Crippen LogP contribution in [0.4, 0.5) is 0 Å². The van der Waals surface area contributed by atoms with Crippen LogP contribution in [0.2, 0.25) is 0 Å². The predicted octanol–water partition coefficient (Wildman–Crippen LogP) is 1.57. The highest BCUT2D eigenvalue weighted by atomic mass is 16.3. The topological polar surface area (TPSA) is 45.6 Å². The van der Waals surface area contributed by atoms with E-state index in [1.54, 1.807) is 0 Å². The van der Waals surface area contributed by atoms with Crippen molar-refractivity contribution in [3.8, 4) is 0 Å². The molecular weight excluding hydrogens is 226 g/mol. The Kier molecular flexibility index (Phi) is 4.43. The van der Waals surface area contributed by atoms with Crippen LogP contribution in [0.15, 0.2) is 10.5 Å². The molecule has 0 amide bonds. The van der Waals surface area contributed by atoms with Crippen LogP contribution in [0.25, 0.3) is 0 Å². The summed E-state index contributed by atoms with van der Waals surface area (Å²) in [5, 5.41) is 0. The van der Waals surface area contributed by atoms with Crippen LogP contribution in [-0.2, 0) is 13.1 Å². The maximum atomic E-state index is 5.79. The lowest BCUT2D eigenvalue weighted by Crippen LogP contribution is -2.36. The fourth-order valence-corrected chi connectivity index (χ4v) is 2.80. The van der Waals surface area contributed by atoms with E-state index in [1.165, 1.54) is 19.4 Å². The van der Waals surface area contributed by atoms with Crippen molar-refractivity contribution >= 4 is 0 Å². The summed E-state index contributed by atoms with van der Waals surface area (Å²) in [6.45, 7) is 5.78. The number of nitrogens with two attached hydrogens (primary N) is 1. The maximum Gasteiger partial charge on any atom is 0.118 e. The Bertz CT molecular complexity index is 386. The molecule has 0 saturated carbocycles. The van der Waals surface area contributed by atoms with Crippen molar-refractivity contribution in [2.45, 2.75) is 38.9 Å². The second-order valence-electron chi connectivity index (χ2n) is 5.53. The summed E-state index contributed by atoms with van der Waals surface area (Å²) in [5.74, 6) is 2.02. The summed E-state index contributed by atoms with van der Waals surface area (Å²) in [7, 11) is 4.28.